The van der Waals surface area contributed by atoms with E-state index in [1.807, 2.05) is 0 Å². The standard InChI is InChI=1S/C24H41NO2/c1-23(2)18-13-15-24(23,21(26)17-18)16-14-22(27)25(19-9-5-3-6-10-19)20-11-7-4-8-12-20/h18-21,26H,3-17H2,1-2H3. The van der Waals surface area contributed by atoms with Gasteiger partial charge in [-0.25, -0.2) is 0 Å². The lowest BCUT2D eigenvalue weighted by Gasteiger charge is -2.44. The van der Waals surface area contributed by atoms with Crippen LogP contribution in [0, 0.1) is 16.7 Å². The summed E-state index contributed by atoms with van der Waals surface area (Å²) in [6.45, 7) is 4.71. The summed E-state index contributed by atoms with van der Waals surface area (Å²) < 4.78 is 0. The molecule has 3 nitrogen and oxygen atoms in total. The minimum Gasteiger partial charge on any atom is -0.393 e. The van der Waals surface area contributed by atoms with Crippen molar-refractivity contribution >= 4 is 5.91 Å². The lowest BCUT2D eigenvalue weighted by Crippen LogP contribution is -2.49. The maximum absolute atomic E-state index is 13.5. The first-order chi connectivity index (χ1) is 13.0. The molecule has 3 heteroatoms. The Balaban J connectivity index is 1.46. The molecule has 0 heterocycles. The zero-order chi connectivity index (χ0) is 19.1. The second-order valence-corrected chi connectivity index (χ2v) is 10.7. The molecule has 154 valence electrons. The van der Waals surface area contributed by atoms with Gasteiger partial charge >= 0.3 is 0 Å². The van der Waals surface area contributed by atoms with Crippen molar-refractivity contribution in [3.05, 3.63) is 0 Å². The molecule has 4 rings (SSSR count). The average Bonchev–Trinajstić information content (AvgIpc) is 3.03. The maximum Gasteiger partial charge on any atom is 0.223 e. The van der Waals surface area contributed by atoms with Gasteiger partial charge in [-0.15, -0.1) is 0 Å². The molecule has 0 aromatic heterocycles. The summed E-state index contributed by atoms with van der Waals surface area (Å²) >= 11 is 0. The number of hydrogen-bond donors (Lipinski definition) is 1. The van der Waals surface area contributed by atoms with Crippen LogP contribution in [0.1, 0.15) is 110 Å². The van der Waals surface area contributed by atoms with E-state index in [0.29, 0.717) is 30.3 Å². The monoisotopic (exact) mass is 375 g/mol. The topological polar surface area (TPSA) is 40.5 Å². The van der Waals surface area contributed by atoms with Crippen LogP contribution in [-0.2, 0) is 4.79 Å². The van der Waals surface area contributed by atoms with Crippen molar-refractivity contribution in [3.8, 4) is 0 Å². The molecule has 27 heavy (non-hydrogen) atoms. The van der Waals surface area contributed by atoms with E-state index in [-0.39, 0.29) is 16.9 Å². The Morgan fingerprint density at radius 1 is 0.926 bits per heavy atom. The van der Waals surface area contributed by atoms with E-state index >= 15 is 0 Å². The van der Waals surface area contributed by atoms with Crippen LogP contribution in [0.2, 0.25) is 0 Å². The van der Waals surface area contributed by atoms with Crippen LogP contribution in [0.15, 0.2) is 0 Å². The predicted octanol–water partition coefficient (Wildman–Crippen LogP) is 5.45. The fraction of sp³-hybridized carbons (Fsp3) is 0.958. The van der Waals surface area contributed by atoms with Gasteiger partial charge in [0.05, 0.1) is 6.10 Å². The van der Waals surface area contributed by atoms with Crippen LogP contribution in [0.4, 0.5) is 0 Å². The van der Waals surface area contributed by atoms with E-state index in [1.54, 1.807) is 0 Å². The molecule has 4 aliphatic rings. The highest BCUT2D eigenvalue weighted by Crippen LogP contribution is 2.67. The highest BCUT2D eigenvalue weighted by molar-refractivity contribution is 5.77. The number of aliphatic hydroxyl groups is 1. The van der Waals surface area contributed by atoms with Gasteiger partial charge in [0.1, 0.15) is 0 Å². The zero-order valence-corrected chi connectivity index (χ0v) is 17.7. The summed E-state index contributed by atoms with van der Waals surface area (Å²) in [6, 6.07) is 0.981. The van der Waals surface area contributed by atoms with Gasteiger partial charge in [0, 0.05) is 23.9 Å². The summed E-state index contributed by atoms with van der Waals surface area (Å²) in [7, 11) is 0. The highest BCUT2D eigenvalue weighted by atomic mass is 16.3. The summed E-state index contributed by atoms with van der Waals surface area (Å²) in [5.74, 6) is 1.05. The summed E-state index contributed by atoms with van der Waals surface area (Å²) in [5.41, 5.74) is 0.172. The van der Waals surface area contributed by atoms with Crippen LogP contribution in [0.25, 0.3) is 0 Å². The quantitative estimate of drug-likeness (QED) is 0.694. The Morgan fingerprint density at radius 3 is 1.93 bits per heavy atom. The lowest BCUT2D eigenvalue weighted by atomic mass is 9.65. The van der Waals surface area contributed by atoms with Gasteiger partial charge in [-0.2, -0.15) is 0 Å². The van der Waals surface area contributed by atoms with E-state index < -0.39 is 0 Å². The largest absolute Gasteiger partial charge is 0.393 e. The van der Waals surface area contributed by atoms with Crippen molar-refractivity contribution in [2.45, 2.75) is 128 Å². The second-order valence-electron chi connectivity index (χ2n) is 10.7. The van der Waals surface area contributed by atoms with Gasteiger partial charge in [-0.1, -0.05) is 52.4 Å². The van der Waals surface area contributed by atoms with Crippen LogP contribution in [0.3, 0.4) is 0 Å². The maximum atomic E-state index is 13.5. The SMILES string of the molecule is CC1(C)C2CCC1(CCC(=O)N(C1CCCCC1)C1CCCCC1)C(O)C2. The molecular weight excluding hydrogens is 334 g/mol. The molecule has 0 spiro atoms. The van der Waals surface area contributed by atoms with E-state index in [4.69, 9.17) is 0 Å². The van der Waals surface area contributed by atoms with Gasteiger partial charge in [-0.3, -0.25) is 4.79 Å². The van der Waals surface area contributed by atoms with E-state index in [0.717, 1.165) is 19.3 Å². The zero-order valence-electron chi connectivity index (χ0n) is 17.7. The Kier molecular flexibility index (Phi) is 5.62. The van der Waals surface area contributed by atoms with Gasteiger partial charge < -0.3 is 10.0 Å². The third-order valence-corrected chi connectivity index (χ3v) is 9.40. The lowest BCUT2D eigenvalue weighted by molar-refractivity contribution is -0.139. The molecule has 0 aliphatic heterocycles. The predicted molar refractivity (Wildman–Crippen MR) is 109 cm³/mol. The van der Waals surface area contributed by atoms with Gasteiger partial charge in [0.2, 0.25) is 5.91 Å². The molecule has 0 aromatic carbocycles. The first-order valence-corrected chi connectivity index (χ1v) is 11.9. The van der Waals surface area contributed by atoms with Crippen molar-refractivity contribution in [1.29, 1.82) is 0 Å². The number of carbonyl (C=O) groups is 1. The molecule has 0 saturated heterocycles. The fourth-order valence-electron chi connectivity index (χ4n) is 7.52. The third-order valence-electron chi connectivity index (χ3n) is 9.40. The minimum absolute atomic E-state index is 0.0157. The van der Waals surface area contributed by atoms with E-state index in [2.05, 4.69) is 18.7 Å². The smallest absolute Gasteiger partial charge is 0.223 e. The molecule has 3 atom stereocenters. The van der Waals surface area contributed by atoms with Crippen LogP contribution in [-0.4, -0.2) is 34.1 Å². The summed E-state index contributed by atoms with van der Waals surface area (Å²) in [4.78, 5) is 15.9. The van der Waals surface area contributed by atoms with Crippen LogP contribution >= 0.6 is 0 Å². The summed E-state index contributed by atoms with van der Waals surface area (Å²) in [6.07, 6.45) is 17.4. The Bertz CT molecular complexity index is 514. The number of carbonyl (C=O) groups excluding carboxylic acids is 1. The summed E-state index contributed by atoms with van der Waals surface area (Å²) in [5, 5.41) is 10.8. The molecule has 1 N–H and O–H groups in total. The molecule has 4 aliphatic carbocycles. The number of nitrogens with zero attached hydrogens (tertiary/aromatic N) is 1. The first kappa shape index (κ1) is 19.7. The van der Waals surface area contributed by atoms with Crippen LogP contribution in [0.5, 0.6) is 0 Å². The molecule has 1 amide bonds. The third kappa shape index (κ3) is 3.36. The molecular formula is C24H41NO2. The second kappa shape index (κ2) is 7.69. The number of fused-ring (bicyclic) bond motifs is 2. The number of aliphatic hydroxyl groups excluding tert-OH is 1. The number of rotatable bonds is 5. The number of amides is 1. The van der Waals surface area contributed by atoms with Crippen molar-refractivity contribution in [1.82, 2.24) is 4.90 Å². The van der Waals surface area contributed by atoms with Gasteiger partial charge in [0.25, 0.3) is 0 Å². The Labute approximate surface area is 166 Å². The van der Waals surface area contributed by atoms with E-state index in [1.165, 1.54) is 70.6 Å². The van der Waals surface area contributed by atoms with Crippen molar-refractivity contribution in [2.75, 3.05) is 0 Å². The van der Waals surface area contributed by atoms with Gasteiger partial charge in [0.15, 0.2) is 0 Å². The fourth-order valence-corrected chi connectivity index (χ4v) is 7.52. The van der Waals surface area contributed by atoms with Crippen molar-refractivity contribution < 1.29 is 9.90 Å². The normalized spacial score (nSPS) is 36.9. The molecule has 0 radical (unpaired) electrons. The molecule has 3 unspecified atom stereocenters. The Morgan fingerprint density at radius 2 is 1.48 bits per heavy atom. The van der Waals surface area contributed by atoms with Crippen molar-refractivity contribution in [3.63, 3.8) is 0 Å². The number of hydrogen-bond acceptors (Lipinski definition) is 2. The molecule has 2 bridgehead atoms. The first-order valence-electron chi connectivity index (χ1n) is 11.9. The van der Waals surface area contributed by atoms with E-state index in [9.17, 15) is 9.90 Å². The van der Waals surface area contributed by atoms with Crippen molar-refractivity contribution in [2.24, 2.45) is 16.7 Å². The molecule has 4 saturated carbocycles. The molecule has 4 fully saturated rings. The van der Waals surface area contributed by atoms with Crippen LogP contribution < -0.4 is 0 Å². The minimum atomic E-state index is -0.197. The Hall–Kier alpha value is -0.570. The molecule has 0 aromatic rings. The van der Waals surface area contributed by atoms with Gasteiger partial charge in [-0.05, 0) is 62.7 Å². The highest BCUT2D eigenvalue weighted by Gasteiger charge is 2.63. The average molecular weight is 376 g/mol.